The van der Waals surface area contributed by atoms with Crippen molar-refractivity contribution in [2.75, 3.05) is 7.11 Å². The number of carbonyl (C=O) groups is 1. The first-order chi connectivity index (χ1) is 13.2. The summed E-state index contributed by atoms with van der Waals surface area (Å²) in [4.78, 5) is 13.7. The maximum Gasteiger partial charge on any atom is 0.169 e. The van der Waals surface area contributed by atoms with Crippen LogP contribution >= 0.6 is 0 Å². The maximum absolute atomic E-state index is 13.7. The number of carbonyl (C=O) groups excluding carboxylic acids is 1. The molecule has 27 heavy (non-hydrogen) atoms. The van der Waals surface area contributed by atoms with Crippen molar-refractivity contribution >= 4 is 5.78 Å². The first-order valence-corrected chi connectivity index (χ1v) is 9.50. The van der Waals surface area contributed by atoms with Gasteiger partial charge in [-0.2, -0.15) is 0 Å². The number of hydrogen-bond donors (Lipinski definition) is 0. The zero-order valence-corrected chi connectivity index (χ0v) is 15.7. The molecule has 0 saturated heterocycles. The summed E-state index contributed by atoms with van der Waals surface area (Å²) in [5.74, 6) is 1.08. The Morgan fingerprint density at radius 1 is 0.852 bits per heavy atom. The van der Waals surface area contributed by atoms with Crippen LogP contribution in [0.2, 0.25) is 0 Å². The van der Waals surface area contributed by atoms with E-state index in [4.69, 9.17) is 4.74 Å². The van der Waals surface area contributed by atoms with Gasteiger partial charge >= 0.3 is 0 Å². The number of Topliss-reactive ketones (excluding diaryl/α,β-unsaturated/α-hetero) is 1. The molecule has 0 spiro atoms. The molecular formula is C25H24O2. The standard InChI is InChI=1S/C25H24O2/c1-27-22-12-13-23-21(16-22)14-15-25(24(23)26,17-19-8-4-2-5-9-19)18-20-10-6-3-7-11-20/h2-13,16H,14-15,17-18H2,1H3. The molecule has 136 valence electrons. The molecule has 0 bridgehead atoms. The minimum Gasteiger partial charge on any atom is -0.497 e. The number of ketones is 1. The summed E-state index contributed by atoms with van der Waals surface area (Å²) >= 11 is 0. The number of methoxy groups -OCH3 is 1. The maximum atomic E-state index is 13.7. The number of benzene rings is 3. The average Bonchev–Trinajstić information content (AvgIpc) is 2.72. The Balaban J connectivity index is 1.74. The van der Waals surface area contributed by atoms with E-state index >= 15 is 0 Å². The molecule has 0 amide bonds. The fourth-order valence-corrected chi connectivity index (χ4v) is 4.27. The third-order valence-corrected chi connectivity index (χ3v) is 5.68. The van der Waals surface area contributed by atoms with Crippen molar-refractivity contribution in [2.45, 2.75) is 25.7 Å². The molecule has 0 radical (unpaired) electrons. The smallest absolute Gasteiger partial charge is 0.169 e. The van der Waals surface area contributed by atoms with Crippen LogP contribution < -0.4 is 4.74 Å². The molecule has 3 aromatic rings. The van der Waals surface area contributed by atoms with E-state index in [9.17, 15) is 4.79 Å². The highest BCUT2D eigenvalue weighted by Gasteiger charge is 2.42. The topological polar surface area (TPSA) is 26.3 Å². The number of ether oxygens (including phenoxy) is 1. The van der Waals surface area contributed by atoms with Gasteiger partial charge in [0.2, 0.25) is 0 Å². The molecule has 2 nitrogen and oxygen atoms in total. The molecule has 0 aliphatic heterocycles. The Labute approximate surface area is 160 Å². The van der Waals surface area contributed by atoms with Gasteiger partial charge in [-0.05, 0) is 60.6 Å². The number of rotatable bonds is 5. The summed E-state index contributed by atoms with van der Waals surface area (Å²) in [5, 5.41) is 0. The van der Waals surface area contributed by atoms with Crippen molar-refractivity contribution in [2.24, 2.45) is 5.41 Å². The molecular weight excluding hydrogens is 332 g/mol. The van der Waals surface area contributed by atoms with Crippen molar-refractivity contribution in [3.8, 4) is 5.75 Å². The molecule has 0 fully saturated rings. The molecule has 0 N–H and O–H groups in total. The molecule has 4 rings (SSSR count). The van der Waals surface area contributed by atoms with Gasteiger partial charge in [-0.15, -0.1) is 0 Å². The number of hydrogen-bond acceptors (Lipinski definition) is 2. The molecule has 0 saturated carbocycles. The van der Waals surface area contributed by atoms with Gasteiger partial charge in [0.25, 0.3) is 0 Å². The average molecular weight is 356 g/mol. The highest BCUT2D eigenvalue weighted by atomic mass is 16.5. The third-order valence-electron chi connectivity index (χ3n) is 5.68. The van der Waals surface area contributed by atoms with Crippen molar-refractivity contribution in [1.82, 2.24) is 0 Å². The van der Waals surface area contributed by atoms with Gasteiger partial charge in [0.1, 0.15) is 5.75 Å². The number of fused-ring (bicyclic) bond motifs is 1. The van der Waals surface area contributed by atoms with E-state index in [0.29, 0.717) is 0 Å². The first-order valence-electron chi connectivity index (χ1n) is 9.50. The van der Waals surface area contributed by atoms with Crippen LogP contribution in [0.1, 0.15) is 33.5 Å². The van der Waals surface area contributed by atoms with Gasteiger partial charge in [-0.3, -0.25) is 4.79 Å². The quantitative estimate of drug-likeness (QED) is 0.620. The Hall–Kier alpha value is -2.87. The zero-order chi connectivity index (χ0) is 18.7. The molecule has 2 heteroatoms. The fourth-order valence-electron chi connectivity index (χ4n) is 4.27. The monoisotopic (exact) mass is 356 g/mol. The molecule has 0 aromatic heterocycles. The predicted octanol–water partition coefficient (Wildman–Crippen LogP) is 5.30. The summed E-state index contributed by atoms with van der Waals surface area (Å²) in [5.41, 5.74) is 4.01. The normalized spacial score (nSPS) is 15.2. The second-order valence-electron chi connectivity index (χ2n) is 7.46. The lowest BCUT2D eigenvalue weighted by Gasteiger charge is -2.37. The Bertz CT molecular complexity index is 888. The van der Waals surface area contributed by atoms with Crippen molar-refractivity contribution < 1.29 is 9.53 Å². The van der Waals surface area contributed by atoms with Crippen LogP contribution in [0.5, 0.6) is 5.75 Å². The zero-order valence-electron chi connectivity index (χ0n) is 15.7. The Kier molecular flexibility index (Phi) is 4.81. The van der Waals surface area contributed by atoms with E-state index in [-0.39, 0.29) is 5.78 Å². The highest BCUT2D eigenvalue weighted by molar-refractivity contribution is 6.03. The second kappa shape index (κ2) is 7.40. The van der Waals surface area contributed by atoms with Crippen LogP contribution in [-0.4, -0.2) is 12.9 Å². The minimum atomic E-state index is -0.399. The van der Waals surface area contributed by atoms with Gasteiger partial charge in [-0.25, -0.2) is 0 Å². The van der Waals surface area contributed by atoms with E-state index in [1.54, 1.807) is 7.11 Å². The summed E-state index contributed by atoms with van der Waals surface area (Å²) in [6, 6.07) is 26.6. The van der Waals surface area contributed by atoms with E-state index in [1.165, 1.54) is 11.1 Å². The molecule has 0 atom stereocenters. The summed E-state index contributed by atoms with van der Waals surface area (Å²) < 4.78 is 5.35. The van der Waals surface area contributed by atoms with E-state index in [2.05, 4.69) is 48.5 Å². The van der Waals surface area contributed by atoms with Crippen LogP contribution in [0.25, 0.3) is 0 Å². The lowest BCUT2D eigenvalue weighted by molar-refractivity contribution is 0.0753. The summed E-state index contributed by atoms with van der Waals surface area (Å²) in [6.45, 7) is 0. The molecule has 0 heterocycles. The molecule has 3 aromatic carbocycles. The minimum absolute atomic E-state index is 0.263. The molecule has 0 unspecified atom stereocenters. The lowest BCUT2D eigenvalue weighted by Crippen LogP contribution is -2.40. The number of aryl methyl sites for hydroxylation is 1. The largest absolute Gasteiger partial charge is 0.497 e. The predicted molar refractivity (Wildman–Crippen MR) is 108 cm³/mol. The molecule has 1 aliphatic rings. The first kappa shape index (κ1) is 17.5. The Morgan fingerprint density at radius 3 is 2.00 bits per heavy atom. The van der Waals surface area contributed by atoms with Gasteiger partial charge < -0.3 is 4.74 Å². The van der Waals surface area contributed by atoms with Crippen molar-refractivity contribution in [1.29, 1.82) is 0 Å². The lowest BCUT2D eigenvalue weighted by atomic mass is 9.64. The highest BCUT2D eigenvalue weighted by Crippen LogP contribution is 2.42. The SMILES string of the molecule is COc1ccc2c(c1)CCC(Cc1ccccc1)(Cc1ccccc1)C2=O. The Morgan fingerprint density at radius 2 is 1.44 bits per heavy atom. The van der Waals surface area contributed by atoms with Gasteiger partial charge in [0.05, 0.1) is 7.11 Å². The van der Waals surface area contributed by atoms with Crippen LogP contribution in [0.15, 0.2) is 78.9 Å². The van der Waals surface area contributed by atoms with Crippen LogP contribution in [0.4, 0.5) is 0 Å². The van der Waals surface area contributed by atoms with E-state index in [1.807, 2.05) is 30.3 Å². The van der Waals surface area contributed by atoms with Crippen LogP contribution in [-0.2, 0) is 19.3 Å². The van der Waals surface area contributed by atoms with E-state index < -0.39 is 5.41 Å². The van der Waals surface area contributed by atoms with Gasteiger partial charge in [0, 0.05) is 11.0 Å². The summed E-state index contributed by atoms with van der Waals surface area (Å²) in [6.07, 6.45) is 3.30. The fraction of sp³-hybridized carbons (Fsp3) is 0.240. The van der Waals surface area contributed by atoms with Crippen molar-refractivity contribution in [3.05, 3.63) is 101 Å². The third kappa shape index (κ3) is 3.52. The van der Waals surface area contributed by atoms with E-state index in [0.717, 1.165) is 42.6 Å². The van der Waals surface area contributed by atoms with Crippen molar-refractivity contribution in [3.63, 3.8) is 0 Å². The molecule has 1 aliphatic carbocycles. The second-order valence-corrected chi connectivity index (χ2v) is 7.46. The van der Waals surface area contributed by atoms with Crippen LogP contribution in [0, 0.1) is 5.41 Å². The van der Waals surface area contributed by atoms with Gasteiger partial charge in [-0.1, -0.05) is 60.7 Å². The summed E-state index contributed by atoms with van der Waals surface area (Å²) in [7, 11) is 1.67. The van der Waals surface area contributed by atoms with Crippen LogP contribution in [0.3, 0.4) is 0 Å². The van der Waals surface area contributed by atoms with Gasteiger partial charge in [0.15, 0.2) is 5.78 Å².